The minimum absolute atomic E-state index is 0.0147. The molecule has 0 radical (unpaired) electrons. The van der Waals surface area contributed by atoms with Crippen molar-refractivity contribution in [3.05, 3.63) is 29.3 Å². The van der Waals surface area contributed by atoms with E-state index in [0.717, 1.165) is 13.1 Å². The standard InChI is InChI=1S/C18H23ClN4O2/c1-11-6-12(2)10-23(9-11)18-21-15(17(25)22-18)8-16(24)20-14-5-3-4-13(19)7-14/h3-5,7,11-12,15H,6,8-10H2,1-2H3,(H,20,24)(H,21,22,25)/t11-,12+,15-/m0/s1. The van der Waals surface area contributed by atoms with Gasteiger partial charge in [-0.25, -0.2) is 4.99 Å². The van der Waals surface area contributed by atoms with E-state index < -0.39 is 6.04 Å². The Balaban J connectivity index is 1.61. The van der Waals surface area contributed by atoms with Crippen LogP contribution in [0, 0.1) is 11.8 Å². The molecule has 3 atom stereocenters. The van der Waals surface area contributed by atoms with Crippen molar-refractivity contribution in [1.82, 2.24) is 10.2 Å². The number of amides is 2. The van der Waals surface area contributed by atoms with E-state index in [9.17, 15) is 9.59 Å². The van der Waals surface area contributed by atoms with E-state index in [4.69, 9.17) is 11.6 Å². The number of carbonyl (C=O) groups is 2. The Morgan fingerprint density at radius 2 is 2.08 bits per heavy atom. The normalized spacial score (nSPS) is 26.2. The highest BCUT2D eigenvalue weighted by Gasteiger charge is 2.33. The van der Waals surface area contributed by atoms with Crippen LogP contribution in [-0.4, -0.2) is 41.8 Å². The Labute approximate surface area is 152 Å². The summed E-state index contributed by atoms with van der Waals surface area (Å²) >= 11 is 5.91. The molecule has 2 amide bonds. The molecular weight excluding hydrogens is 340 g/mol. The zero-order chi connectivity index (χ0) is 18.0. The Morgan fingerprint density at radius 3 is 2.76 bits per heavy atom. The first-order valence-corrected chi connectivity index (χ1v) is 8.97. The lowest BCUT2D eigenvalue weighted by Crippen LogP contribution is -2.47. The number of hydrogen-bond donors (Lipinski definition) is 2. The number of nitrogens with one attached hydrogen (secondary N) is 2. The summed E-state index contributed by atoms with van der Waals surface area (Å²) in [6, 6.07) is 6.23. The summed E-state index contributed by atoms with van der Waals surface area (Å²) in [5.41, 5.74) is 0.610. The smallest absolute Gasteiger partial charge is 0.252 e. The first-order valence-electron chi connectivity index (χ1n) is 8.59. The van der Waals surface area contributed by atoms with Crippen LogP contribution in [-0.2, 0) is 9.59 Å². The Hall–Kier alpha value is -2.08. The highest BCUT2D eigenvalue weighted by Crippen LogP contribution is 2.22. The van der Waals surface area contributed by atoms with Gasteiger partial charge >= 0.3 is 0 Å². The fraction of sp³-hybridized carbons (Fsp3) is 0.500. The summed E-state index contributed by atoms with van der Waals surface area (Å²) in [4.78, 5) is 30.9. The molecule has 0 unspecified atom stereocenters. The number of guanidine groups is 1. The van der Waals surface area contributed by atoms with Crippen molar-refractivity contribution in [2.45, 2.75) is 32.7 Å². The van der Waals surface area contributed by atoms with Crippen LogP contribution in [0.2, 0.25) is 5.02 Å². The predicted molar refractivity (Wildman–Crippen MR) is 98.6 cm³/mol. The van der Waals surface area contributed by atoms with Crippen LogP contribution in [0.1, 0.15) is 26.7 Å². The maximum absolute atomic E-state index is 12.2. The summed E-state index contributed by atoms with van der Waals surface area (Å²) in [6.07, 6.45) is 1.20. The first kappa shape index (κ1) is 17.7. The molecule has 2 aliphatic heterocycles. The average Bonchev–Trinajstić information content (AvgIpc) is 2.87. The molecule has 0 saturated carbocycles. The molecule has 0 aromatic heterocycles. The highest BCUT2D eigenvalue weighted by atomic mass is 35.5. The third-order valence-corrected chi connectivity index (χ3v) is 4.71. The third-order valence-electron chi connectivity index (χ3n) is 4.47. The summed E-state index contributed by atoms with van der Waals surface area (Å²) < 4.78 is 0. The second kappa shape index (κ2) is 7.44. The van der Waals surface area contributed by atoms with Crippen molar-refractivity contribution < 1.29 is 9.59 Å². The van der Waals surface area contributed by atoms with Gasteiger partial charge in [-0.1, -0.05) is 31.5 Å². The lowest BCUT2D eigenvalue weighted by atomic mass is 9.92. The van der Waals surface area contributed by atoms with Gasteiger partial charge in [0.15, 0.2) is 0 Å². The number of rotatable bonds is 3. The van der Waals surface area contributed by atoms with Gasteiger partial charge in [-0.15, -0.1) is 0 Å². The number of benzene rings is 1. The maximum atomic E-state index is 12.2. The van der Waals surface area contributed by atoms with Crippen LogP contribution in [0.5, 0.6) is 0 Å². The van der Waals surface area contributed by atoms with Crippen molar-refractivity contribution in [2.24, 2.45) is 16.8 Å². The van der Waals surface area contributed by atoms with E-state index in [1.54, 1.807) is 24.3 Å². The number of halogens is 1. The molecule has 0 aliphatic carbocycles. The van der Waals surface area contributed by atoms with Crippen LogP contribution < -0.4 is 10.6 Å². The topological polar surface area (TPSA) is 73.8 Å². The molecule has 1 aromatic carbocycles. The van der Waals surface area contributed by atoms with Crippen molar-refractivity contribution in [3.63, 3.8) is 0 Å². The Kier molecular flexibility index (Phi) is 5.27. The van der Waals surface area contributed by atoms with E-state index in [-0.39, 0.29) is 18.2 Å². The fourth-order valence-electron chi connectivity index (χ4n) is 3.52. The Morgan fingerprint density at radius 1 is 1.36 bits per heavy atom. The van der Waals surface area contributed by atoms with Gasteiger partial charge in [0.1, 0.15) is 6.04 Å². The van der Waals surface area contributed by atoms with Gasteiger partial charge in [0.2, 0.25) is 11.9 Å². The number of carbonyl (C=O) groups excluding carboxylic acids is 2. The van der Waals surface area contributed by atoms with Gasteiger partial charge in [0, 0.05) is 23.8 Å². The van der Waals surface area contributed by atoms with Crippen LogP contribution in [0.15, 0.2) is 29.3 Å². The van der Waals surface area contributed by atoms with Crippen LogP contribution in [0.4, 0.5) is 5.69 Å². The molecule has 25 heavy (non-hydrogen) atoms. The van der Waals surface area contributed by atoms with Gasteiger partial charge in [0.25, 0.3) is 5.91 Å². The zero-order valence-corrected chi connectivity index (χ0v) is 15.2. The van der Waals surface area contributed by atoms with Gasteiger partial charge < -0.3 is 10.2 Å². The quantitative estimate of drug-likeness (QED) is 0.867. The summed E-state index contributed by atoms with van der Waals surface area (Å²) in [6.45, 7) is 6.17. The van der Waals surface area contributed by atoms with E-state index in [2.05, 4.69) is 34.4 Å². The van der Waals surface area contributed by atoms with E-state index in [1.165, 1.54) is 6.42 Å². The summed E-state index contributed by atoms with van der Waals surface area (Å²) in [5.74, 6) is 1.25. The van der Waals surface area contributed by atoms with Crippen LogP contribution in [0.3, 0.4) is 0 Å². The SMILES string of the molecule is C[C@@H]1C[C@H](C)CN(C2=N[C@@H](CC(=O)Nc3cccc(Cl)c3)C(=O)N2)C1. The fourth-order valence-corrected chi connectivity index (χ4v) is 3.71. The molecule has 1 fully saturated rings. The number of aliphatic imine (C=N–C) groups is 1. The monoisotopic (exact) mass is 362 g/mol. The first-order chi connectivity index (χ1) is 11.9. The van der Waals surface area contributed by atoms with E-state index in [0.29, 0.717) is 28.5 Å². The molecule has 3 rings (SSSR count). The number of anilines is 1. The minimum atomic E-state index is -0.679. The van der Waals surface area contributed by atoms with Gasteiger partial charge in [-0.3, -0.25) is 14.9 Å². The predicted octanol–water partition coefficient (Wildman–Crippen LogP) is 2.50. The molecule has 2 heterocycles. The average molecular weight is 363 g/mol. The third kappa shape index (κ3) is 4.51. The van der Waals surface area contributed by atoms with Crippen molar-refractivity contribution in [1.29, 1.82) is 0 Å². The van der Waals surface area contributed by atoms with Gasteiger partial charge in [-0.05, 0) is 36.5 Å². The molecule has 1 saturated heterocycles. The van der Waals surface area contributed by atoms with Crippen molar-refractivity contribution in [2.75, 3.05) is 18.4 Å². The van der Waals surface area contributed by atoms with Crippen molar-refractivity contribution >= 4 is 35.1 Å². The second-order valence-corrected chi connectivity index (χ2v) is 7.51. The molecule has 134 valence electrons. The number of piperidine rings is 1. The van der Waals surface area contributed by atoms with Crippen LogP contribution in [0.25, 0.3) is 0 Å². The number of likely N-dealkylation sites (tertiary alicyclic amines) is 1. The summed E-state index contributed by atoms with van der Waals surface area (Å²) in [5, 5.41) is 6.13. The maximum Gasteiger partial charge on any atom is 0.252 e. The van der Waals surface area contributed by atoms with Crippen LogP contribution >= 0.6 is 11.6 Å². The summed E-state index contributed by atoms with van der Waals surface area (Å²) in [7, 11) is 0. The highest BCUT2D eigenvalue weighted by molar-refractivity contribution is 6.30. The molecule has 1 aromatic rings. The lowest BCUT2D eigenvalue weighted by molar-refractivity contribution is -0.124. The van der Waals surface area contributed by atoms with Crippen molar-refractivity contribution in [3.8, 4) is 0 Å². The molecule has 7 heteroatoms. The number of nitrogens with zero attached hydrogens (tertiary/aromatic N) is 2. The number of hydrogen-bond acceptors (Lipinski definition) is 4. The molecule has 2 aliphatic rings. The molecule has 6 nitrogen and oxygen atoms in total. The lowest BCUT2D eigenvalue weighted by Gasteiger charge is -2.35. The minimum Gasteiger partial charge on any atom is -0.342 e. The van der Waals surface area contributed by atoms with E-state index >= 15 is 0 Å². The van der Waals surface area contributed by atoms with Gasteiger partial charge in [-0.2, -0.15) is 0 Å². The zero-order valence-electron chi connectivity index (χ0n) is 14.5. The molecule has 2 N–H and O–H groups in total. The molecule has 0 bridgehead atoms. The molecular formula is C18H23ClN4O2. The Bertz CT molecular complexity index is 696. The second-order valence-electron chi connectivity index (χ2n) is 7.07. The largest absolute Gasteiger partial charge is 0.342 e. The van der Waals surface area contributed by atoms with Gasteiger partial charge in [0.05, 0.1) is 6.42 Å². The van der Waals surface area contributed by atoms with E-state index in [1.807, 2.05) is 0 Å². The molecule has 0 spiro atoms.